The molecule has 0 heterocycles. The molecule has 1 N–H and O–H groups in total. The zero-order valence-electron chi connectivity index (χ0n) is 8.96. The summed E-state index contributed by atoms with van der Waals surface area (Å²) < 4.78 is 30.7. The summed E-state index contributed by atoms with van der Waals surface area (Å²) in [7, 11) is 0. The maximum Gasteiger partial charge on any atom is 0.313 e. The predicted octanol–water partition coefficient (Wildman–Crippen LogP) is 2.34. The lowest BCUT2D eigenvalue weighted by atomic mass is 10.0. The third-order valence-corrected chi connectivity index (χ3v) is 2.18. The Morgan fingerprint density at radius 2 is 1.94 bits per heavy atom. The van der Waals surface area contributed by atoms with Gasteiger partial charge in [-0.05, 0) is 31.5 Å². The second kappa shape index (κ2) is 4.92. The van der Waals surface area contributed by atoms with E-state index in [1.54, 1.807) is 6.92 Å². The second-order valence-corrected chi connectivity index (χ2v) is 3.31. The Balaban J connectivity index is 3.01. The number of hydrogen-bond donors (Lipinski definition) is 1. The minimum Gasteiger partial charge on any atom is -0.503 e. The highest BCUT2D eigenvalue weighted by Gasteiger charge is 2.20. The van der Waals surface area contributed by atoms with Crippen LogP contribution in [0.5, 0.6) is 5.75 Å². The summed E-state index contributed by atoms with van der Waals surface area (Å²) in [5.41, 5.74) is 0.131. The molecule has 1 aromatic rings. The first-order valence-corrected chi connectivity index (χ1v) is 4.82. The van der Waals surface area contributed by atoms with E-state index in [2.05, 4.69) is 0 Å². The molecule has 88 valence electrons. The van der Waals surface area contributed by atoms with Crippen molar-refractivity contribution in [2.45, 2.75) is 19.8 Å². The summed E-state index contributed by atoms with van der Waals surface area (Å²) in [6.07, 6.45) is 0. The quantitative estimate of drug-likeness (QED) is 0.810. The molecule has 0 aliphatic carbocycles. The van der Waals surface area contributed by atoms with Gasteiger partial charge in [-0.3, -0.25) is 4.79 Å². The van der Waals surface area contributed by atoms with Crippen LogP contribution < -0.4 is 0 Å². The molecule has 0 saturated heterocycles. The van der Waals surface area contributed by atoms with Crippen molar-refractivity contribution < 1.29 is 23.4 Å². The van der Waals surface area contributed by atoms with Crippen LogP contribution in [0.15, 0.2) is 12.1 Å². The van der Waals surface area contributed by atoms with Crippen LogP contribution in [0.3, 0.4) is 0 Å². The molecule has 0 amide bonds. The number of ether oxygens (including phenoxy) is 1. The van der Waals surface area contributed by atoms with Gasteiger partial charge >= 0.3 is 5.97 Å². The van der Waals surface area contributed by atoms with Crippen LogP contribution in [0, 0.1) is 11.6 Å². The molecule has 5 heteroatoms. The van der Waals surface area contributed by atoms with E-state index in [4.69, 9.17) is 9.84 Å². The number of carbonyl (C=O) groups excluding carboxylic acids is 1. The van der Waals surface area contributed by atoms with Crippen molar-refractivity contribution in [2.24, 2.45) is 0 Å². The number of carbonyl (C=O) groups is 1. The fraction of sp³-hybridized carbons (Fsp3) is 0.364. The zero-order valence-corrected chi connectivity index (χ0v) is 8.96. The summed E-state index contributed by atoms with van der Waals surface area (Å²) in [5.74, 6) is -4.56. The van der Waals surface area contributed by atoms with Crippen molar-refractivity contribution in [3.8, 4) is 5.75 Å². The summed E-state index contributed by atoms with van der Waals surface area (Å²) >= 11 is 0. The predicted molar refractivity (Wildman–Crippen MR) is 53.1 cm³/mol. The Hall–Kier alpha value is -1.65. The number of rotatable bonds is 3. The van der Waals surface area contributed by atoms with Crippen molar-refractivity contribution in [1.82, 2.24) is 0 Å². The maximum absolute atomic E-state index is 13.0. The van der Waals surface area contributed by atoms with Gasteiger partial charge in [0, 0.05) is 0 Å². The van der Waals surface area contributed by atoms with Crippen LogP contribution in [0.25, 0.3) is 0 Å². The SMILES string of the molecule is CCOC(=O)C(C)c1cc(F)c(O)c(F)c1. The lowest BCUT2D eigenvalue weighted by Gasteiger charge is -2.11. The standard InChI is InChI=1S/C11H12F2O3/c1-3-16-11(15)6(2)7-4-8(12)10(14)9(13)5-7/h4-6,14H,3H2,1-2H3. The van der Waals surface area contributed by atoms with Gasteiger partial charge in [0.25, 0.3) is 0 Å². The van der Waals surface area contributed by atoms with Crippen LogP contribution in [0.2, 0.25) is 0 Å². The van der Waals surface area contributed by atoms with E-state index in [1.807, 2.05) is 0 Å². The van der Waals surface area contributed by atoms with E-state index in [-0.39, 0.29) is 12.2 Å². The van der Waals surface area contributed by atoms with Crippen LogP contribution in [-0.2, 0) is 9.53 Å². The van der Waals surface area contributed by atoms with Gasteiger partial charge in [0.1, 0.15) is 0 Å². The molecule has 3 nitrogen and oxygen atoms in total. The molecule has 1 unspecified atom stereocenters. The normalized spacial score (nSPS) is 12.2. The highest BCUT2D eigenvalue weighted by atomic mass is 19.1. The highest BCUT2D eigenvalue weighted by Crippen LogP contribution is 2.26. The van der Waals surface area contributed by atoms with E-state index in [9.17, 15) is 13.6 Å². The number of benzene rings is 1. The Kier molecular flexibility index (Phi) is 3.82. The molecule has 0 saturated carbocycles. The van der Waals surface area contributed by atoms with Crippen molar-refractivity contribution >= 4 is 5.97 Å². The molecular weight excluding hydrogens is 218 g/mol. The minimum atomic E-state index is -1.09. The third-order valence-electron chi connectivity index (χ3n) is 2.18. The first-order chi connectivity index (χ1) is 7.47. The molecular formula is C11H12F2O3. The van der Waals surface area contributed by atoms with Gasteiger partial charge < -0.3 is 9.84 Å². The Morgan fingerprint density at radius 1 is 1.44 bits per heavy atom. The molecule has 0 fully saturated rings. The molecule has 0 radical (unpaired) electrons. The van der Waals surface area contributed by atoms with Gasteiger partial charge in [0.2, 0.25) is 0 Å². The summed E-state index contributed by atoms with van der Waals surface area (Å²) in [6.45, 7) is 3.32. The number of phenols is 1. The Morgan fingerprint density at radius 3 is 2.38 bits per heavy atom. The number of halogens is 2. The molecule has 1 rings (SSSR count). The summed E-state index contributed by atoms with van der Waals surface area (Å²) in [5, 5.41) is 8.89. The average molecular weight is 230 g/mol. The van der Waals surface area contributed by atoms with Gasteiger partial charge in [-0.1, -0.05) is 0 Å². The molecule has 0 bridgehead atoms. The Labute approximate surface area is 91.7 Å². The van der Waals surface area contributed by atoms with Gasteiger partial charge in [-0.2, -0.15) is 0 Å². The van der Waals surface area contributed by atoms with Crippen molar-refractivity contribution in [3.63, 3.8) is 0 Å². The lowest BCUT2D eigenvalue weighted by molar-refractivity contribution is -0.144. The lowest BCUT2D eigenvalue weighted by Crippen LogP contribution is -2.13. The zero-order chi connectivity index (χ0) is 12.3. The highest BCUT2D eigenvalue weighted by molar-refractivity contribution is 5.77. The molecule has 0 aliphatic rings. The molecule has 0 aromatic heterocycles. The maximum atomic E-state index is 13.0. The van der Waals surface area contributed by atoms with Crippen molar-refractivity contribution in [3.05, 3.63) is 29.3 Å². The third kappa shape index (κ3) is 2.48. The van der Waals surface area contributed by atoms with Crippen LogP contribution >= 0.6 is 0 Å². The fourth-order valence-electron chi connectivity index (χ4n) is 1.24. The first-order valence-electron chi connectivity index (χ1n) is 4.82. The van der Waals surface area contributed by atoms with E-state index < -0.39 is 29.3 Å². The van der Waals surface area contributed by atoms with Crippen LogP contribution in [-0.4, -0.2) is 17.7 Å². The fourth-order valence-corrected chi connectivity index (χ4v) is 1.24. The number of hydrogen-bond acceptors (Lipinski definition) is 3. The van der Waals surface area contributed by atoms with E-state index in [0.29, 0.717) is 0 Å². The van der Waals surface area contributed by atoms with E-state index in [0.717, 1.165) is 12.1 Å². The monoisotopic (exact) mass is 230 g/mol. The van der Waals surface area contributed by atoms with Crippen LogP contribution in [0.4, 0.5) is 8.78 Å². The van der Waals surface area contributed by atoms with Gasteiger partial charge in [-0.15, -0.1) is 0 Å². The number of phenolic OH excluding ortho intramolecular Hbond substituents is 1. The average Bonchev–Trinajstić information content (AvgIpc) is 2.24. The molecule has 1 atom stereocenters. The second-order valence-electron chi connectivity index (χ2n) is 3.31. The summed E-state index contributed by atoms with van der Waals surface area (Å²) in [4.78, 5) is 11.3. The minimum absolute atomic E-state index is 0.131. The topological polar surface area (TPSA) is 46.5 Å². The molecule has 16 heavy (non-hydrogen) atoms. The Bertz CT molecular complexity index is 381. The largest absolute Gasteiger partial charge is 0.503 e. The number of aromatic hydroxyl groups is 1. The first kappa shape index (κ1) is 12.4. The molecule has 0 spiro atoms. The number of esters is 1. The van der Waals surface area contributed by atoms with Gasteiger partial charge in [0.05, 0.1) is 12.5 Å². The van der Waals surface area contributed by atoms with Gasteiger partial charge in [-0.25, -0.2) is 8.78 Å². The van der Waals surface area contributed by atoms with E-state index in [1.165, 1.54) is 6.92 Å². The van der Waals surface area contributed by atoms with Gasteiger partial charge in [0.15, 0.2) is 17.4 Å². The van der Waals surface area contributed by atoms with Crippen LogP contribution in [0.1, 0.15) is 25.3 Å². The van der Waals surface area contributed by atoms with Crippen molar-refractivity contribution in [1.29, 1.82) is 0 Å². The van der Waals surface area contributed by atoms with Crippen molar-refractivity contribution in [2.75, 3.05) is 6.61 Å². The smallest absolute Gasteiger partial charge is 0.313 e. The summed E-state index contributed by atoms with van der Waals surface area (Å²) in [6, 6.07) is 1.83. The molecule has 1 aromatic carbocycles. The van der Waals surface area contributed by atoms with E-state index >= 15 is 0 Å². The molecule has 0 aliphatic heterocycles.